The third kappa shape index (κ3) is 6.43. The van der Waals surface area contributed by atoms with Crippen LogP contribution in [0.1, 0.15) is 20.3 Å². The van der Waals surface area contributed by atoms with E-state index in [1.54, 1.807) is 0 Å². The minimum absolute atomic E-state index is 0.119. The number of rotatable bonds is 7. The van der Waals surface area contributed by atoms with E-state index in [9.17, 15) is 9.90 Å². The zero-order valence-electron chi connectivity index (χ0n) is 9.69. The van der Waals surface area contributed by atoms with Crippen LogP contribution in [-0.4, -0.2) is 43.4 Å². The highest BCUT2D eigenvalue weighted by molar-refractivity contribution is 5.81. The van der Waals surface area contributed by atoms with Gasteiger partial charge < -0.3 is 20.9 Å². The zero-order valence-corrected chi connectivity index (χ0v) is 9.69. The summed E-state index contributed by atoms with van der Waals surface area (Å²) in [6.07, 6.45) is -0.0599. The van der Waals surface area contributed by atoms with Crippen LogP contribution in [-0.2, 0) is 9.53 Å². The van der Waals surface area contributed by atoms with E-state index in [2.05, 4.69) is 5.32 Å². The van der Waals surface area contributed by atoms with E-state index in [0.29, 0.717) is 13.0 Å². The van der Waals surface area contributed by atoms with E-state index in [0.717, 1.165) is 0 Å². The van der Waals surface area contributed by atoms with Gasteiger partial charge in [-0.3, -0.25) is 4.79 Å². The second kappa shape index (κ2) is 7.62. The third-order valence-corrected chi connectivity index (χ3v) is 2.16. The van der Waals surface area contributed by atoms with Crippen molar-refractivity contribution in [3.8, 4) is 0 Å². The Labute approximate surface area is 91.0 Å². The van der Waals surface area contributed by atoms with E-state index < -0.39 is 12.1 Å². The van der Waals surface area contributed by atoms with Gasteiger partial charge in [0.05, 0.1) is 18.8 Å². The maximum atomic E-state index is 11.4. The monoisotopic (exact) mass is 218 g/mol. The minimum Gasteiger partial charge on any atom is -0.391 e. The molecule has 0 rings (SSSR count). The van der Waals surface area contributed by atoms with E-state index in [1.807, 2.05) is 13.8 Å². The lowest BCUT2D eigenvalue weighted by Gasteiger charge is -2.16. The van der Waals surface area contributed by atoms with Crippen LogP contribution >= 0.6 is 0 Å². The van der Waals surface area contributed by atoms with Crippen molar-refractivity contribution in [1.82, 2.24) is 5.32 Å². The molecule has 0 radical (unpaired) electrons. The lowest BCUT2D eigenvalue weighted by Crippen LogP contribution is -2.44. The molecule has 0 aliphatic rings. The third-order valence-electron chi connectivity index (χ3n) is 2.16. The van der Waals surface area contributed by atoms with Crippen molar-refractivity contribution >= 4 is 5.91 Å². The van der Waals surface area contributed by atoms with Gasteiger partial charge in [0.2, 0.25) is 5.91 Å². The first-order valence-corrected chi connectivity index (χ1v) is 5.19. The lowest BCUT2D eigenvalue weighted by molar-refractivity contribution is -0.123. The Bertz CT molecular complexity index is 186. The number of hydrogen-bond acceptors (Lipinski definition) is 4. The van der Waals surface area contributed by atoms with Crippen molar-refractivity contribution in [3.63, 3.8) is 0 Å². The summed E-state index contributed by atoms with van der Waals surface area (Å²) in [6, 6.07) is -0.482. The highest BCUT2D eigenvalue weighted by Crippen LogP contribution is 1.98. The number of carbonyl (C=O) groups excluding carboxylic acids is 1. The number of nitrogens with one attached hydrogen (secondary N) is 1. The maximum absolute atomic E-state index is 11.4. The summed E-state index contributed by atoms with van der Waals surface area (Å²) in [5, 5.41) is 12.0. The predicted octanol–water partition coefficient (Wildman–Crippen LogP) is -0.517. The van der Waals surface area contributed by atoms with Crippen molar-refractivity contribution in [2.45, 2.75) is 32.4 Å². The molecule has 2 atom stereocenters. The van der Waals surface area contributed by atoms with Gasteiger partial charge in [0.1, 0.15) is 0 Å². The molecule has 15 heavy (non-hydrogen) atoms. The lowest BCUT2D eigenvalue weighted by atomic mass is 10.1. The standard InChI is InChI=1S/C10H22N2O3/c1-7(2)9(11)10(14)12-5-4-8(13)6-15-3/h7-9,13H,4-6,11H2,1-3H3,(H,12,14)/t8?,9-/m0/s1. The molecule has 5 nitrogen and oxygen atoms in total. The quantitative estimate of drug-likeness (QED) is 0.537. The molecule has 90 valence electrons. The number of aliphatic hydroxyl groups excluding tert-OH is 1. The fourth-order valence-electron chi connectivity index (χ4n) is 1.06. The summed E-state index contributed by atoms with van der Waals surface area (Å²) >= 11 is 0. The summed E-state index contributed by atoms with van der Waals surface area (Å²) in [5.74, 6) is -0.0523. The number of amides is 1. The van der Waals surface area contributed by atoms with Gasteiger partial charge in [0, 0.05) is 13.7 Å². The van der Waals surface area contributed by atoms with Gasteiger partial charge in [-0.2, -0.15) is 0 Å². The number of carbonyl (C=O) groups is 1. The van der Waals surface area contributed by atoms with Gasteiger partial charge in [-0.1, -0.05) is 13.8 Å². The second-order valence-electron chi connectivity index (χ2n) is 3.96. The number of ether oxygens (including phenoxy) is 1. The van der Waals surface area contributed by atoms with Crippen LogP contribution in [0.5, 0.6) is 0 Å². The molecule has 0 aliphatic heterocycles. The van der Waals surface area contributed by atoms with Crippen LogP contribution in [0.15, 0.2) is 0 Å². The van der Waals surface area contributed by atoms with Crippen LogP contribution in [0.4, 0.5) is 0 Å². The Morgan fingerprint density at radius 1 is 1.53 bits per heavy atom. The van der Waals surface area contributed by atoms with Crippen LogP contribution in [0.2, 0.25) is 0 Å². The fraction of sp³-hybridized carbons (Fsp3) is 0.900. The molecule has 0 saturated carbocycles. The molecule has 0 aromatic rings. The largest absolute Gasteiger partial charge is 0.391 e. The Morgan fingerprint density at radius 2 is 2.13 bits per heavy atom. The average Bonchev–Trinajstić information content (AvgIpc) is 2.16. The summed E-state index contributed by atoms with van der Waals surface area (Å²) in [7, 11) is 1.52. The van der Waals surface area contributed by atoms with Crippen LogP contribution in [0, 0.1) is 5.92 Å². The summed E-state index contributed by atoms with van der Waals surface area (Å²) < 4.78 is 4.76. The Kier molecular flexibility index (Phi) is 7.29. The fourth-order valence-corrected chi connectivity index (χ4v) is 1.06. The van der Waals surface area contributed by atoms with Crippen molar-refractivity contribution < 1.29 is 14.6 Å². The van der Waals surface area contributed by atoms with Gasteiger partial charge in [0.25, 0.3) is 0 Å². The summed E-state index contributed by atoms with van der Waals surface area (Å²) in [6.45, 7) is 4.49. The van der Waals surface area contributed by atoms with Crippen LogP contribution < -0.4 is 11.1 Å². The number of hydrogen-bond donors (Lipinski definition) is 3. The Morgan fingerprint density at radius 3 is 2.60 bits per heavy atom. The smallest absolute Gasteiger partial charge is 0.237 e. The van der Waals surface area contributed by atoms with Gasteiger partial charge in [-0.25, -0.2) is 0 Å². The van der Waals surface area contributed by atoms with Gasteiger partial charge in [-0.05, 0) is 12.3 Å². The molecular formula is C10H22N2O3. The van der Waals surface area contributed by atoms with E-state index in [4.69, 9.17) is 10.5 Å². The van der Waals surface area contributed by atoms with E-state index in [-0.39, 0.29) is 18.4 Å². The van der Waals surface area contributed by atoms with E-state index >= 15 is 0 Å². The van der Waals surface area contributed by atoms with E-state index in [1.165, 1.54) is 7.11 Å². The topological polar surface area (TPSA) is 84.6 Å². The van der Waals surface area contributed by atoms with Crippen molar-refractivity contribution in [1.29, 1.82) is 0 Å². The first kappa shape index (κ1) is 14.3. The number of nitrogens with two attached hydrogens (primary N) is 1. The molecule has 1 unspecified atom stereocenters. The molecule has 4 N–H and O–H groups in total. The molecule has 0 heterocycles. The molecule has 5 heteroatoms. The second-order valence-corrected chi connectivity index (χ2v) is 3.96. The molecule has 0 fully saturated rings. The van der Waals surface area contributed by atoms with Gasteiger partial charge in [-0.15, -0.1) is 0 Å². The molecule has 0 aromatic carbocycles. The Hall–Kier alpha value is -0.650. The number of methoxy groups -OCH3 is 1. The molecule has 0 aliphatic carbocycles. The van der Waals surface area contributed by atoms with Gasteiger partial charge >= 0.3 is 0 Å². The van der Waals surface area contributed by atoms with Gasteiger partial charge in [0.15, 0.2) is 0 Å². The first-order chi connectivity index (χ1) is 6.99. The zero-order chi connectivity index (χ0) is 11.8. The summed E-state index contributed by atoms with van der Waals surface area (Å²) in [5.41, 5.74) is 5.64. The molecule has 0 bridgehead atoms. The SMILES string of the molecule is COCC(O)CCNC(=O)[C@@H](N)C(C)C. The molecule has 0 spiro atoms. The Balaban J connectivity index is 3.63. The molecule has 0 aromatic heterocycles. The summed E-state index contributed by atoms with van der Waals surface area (Å²) in [4.78, 5) is 11.4. The first-order valence-electron chi connectivity index (χ1n) is 5.19. The highest BCUT2D eigenvalue weighted by Gasteiger charge is 2.16. The maximum Gasteiger partial charge on any atom is 0.237 e. The minimum atomic E-state index is -0.537. The molecule has 1 amide bonds. The normalized spacial score (nSPS) is 15.1. The van der Waals surface area contributed by atoms with Crippen molar-refractivity contribution in [2.75, 3.05) is 20.3 Å². The predicted molar refractivity (Wildman–Crippen MR) is 58.3 cm³/mol. The number of aliphatic hydroxyl groups is 1. The van der Waals surface area contributed by atoms with Crippen molar-refractivity contribution in [3.05, 3.63) is 0 Å². The average molecular weight is 218 g/mol. The molecule has 0 saturated heterocycles. The van der Waals surface area contributed by atoms with Crippen LogP contribution in [0.25, 0.3) is 0 Å². The van der Waals surface area contributed by atoms with Crippen LogP contribution in [0.3, 0.4) is 0 Å². The molecular weight excluding hydrogens is 196 g/mol. The highest BCUT2D eigenvalue weighted by atomic mass is 16.5. The van der Waals surface area contributed by atoms with Crippen molar-refractivity contribution in [2.24, 2.45) is 11.7 Å².